The van der Waals surface area contributed by atoms with Gasteiger partial charge in [0.05, 0.1) is 0 Å². The number of nitrogen functional groups attached to an aromatic ring is 1. The lowest BCUT2D eigenvalue weighted by Gasteiger charge is -2.27. The van der Waals surface area contributed by atoms with Crippen LogP contribution < -0.4 is 11.1 Å². The Morgan fingerprint density at radius 3 is 2.47 bits per heavy atom. The first-order chi connectivity index (χ1) is 8.34. The monoisotopic (exact) mass is 233 g/mol. The van der Waals surface area contributed by atoms with Gasteiger partial charge in [-0.05, 0) is 43.5 Å². The molecule has 0 amide bonds. The molecule has 3 N–H and O–H groups in total. The first kappa shape index (κ1) is 12.4. The zero-order chi connectivity index (χ0) is 11.9. The first-order valence-corrected chi connectivity index (χ1v) is 6.62. The van der Waals surface area contributed by atoms with Gasteiger partial charge in [-0.15, -0.1) is 0 Å². The molecule has 1 saturated heterocycles. The number of anilines is 1. The Hall–Kier alpha value is -1.06. The molecular weight excluding hydrogens is 210 g/mol. The molecule has 0 radical (unpaired) electrons. The fourth-order valence-corrected chi connectivity index (χ4v) is 2.28. The zero-order valence-corrected chi connectivity index (χ0v) is 10.5. The Morgan fingerprint density at radius 2 is 1.76 bits per heavy atom. The summed E-state index contributed by atoms with van der Waals surface area (Å²) in [5.41, 5.74) is 7.92. The lowest BCUT2D eigenvalue weighted by molar-refractivity contribution is 0.237. The number of unbranched alkanes of at least 4 members (excludes halogenated alkanes) is 1. The highest BCUT2D eigenvalue weighted by Gasteiger charge is 2.07. The van der Waals surface area contributed by atoms with Crippen molar-refractivity contribution in [1.82, 2.24) is 10.2 Å². The third-order valence-corrected chi connectivity index (χ3v) is 3.38. The molecule has 0 aromatic heterocycles. The van der Waals surface area contributed by atoms with Gasteiger partial charge in [0.2, 0.25) is 0 Å². The van der Waals surface area contributed by atoms with E-state index in [1.165, 1.54) is 44.5 Å². The minimum Gasteiger partial charge on any atom is -0.399 e. The summed E-state index contributed by atoms with van der Waals surface area (Å²) in [4.78, 5) is 2.56. The molecule has 1 heterocycles. The van der Waals surface area contributed by atoms with Gasteiger partial charge in [0.1, 0.15) is 0 Å². The molecule has 1 aliphatic rings. The van der Waals surface area contributed by atoms with Gasteiger partial charge in [0, 0.05) is 31.9 Å². The molecule has 1 fully saturated rings. The van der Waals surface area contributed by atoms with E-state index in [-0.39, 0.29) is 0 Å². The van der Waals surface area contributed by atoms with Crippen molar-refractivity contribution in [3.63, 3.8) is 0 Å². The van der Waals surface area contributed by atoms with E-state index in [4.69, 9.17) is 5.73 Å². The van der Waals surface area contributed by atoms with Crippen LogP contribution in [0.5, 0.6) is 0 Å². The quantitative estimate of drug-likeness (QED) is 0.598. The maximum atomic E-state index is 5.67. The third-order valence-electron chi connectivity index (χ3n) is 3.38. The van der Waals surface area contributed by atoms with Gasteiger partial charge < -0.3 is 16.0 Å². The second-order valence-corrected chi connectivity index (χ2v) is 4.79. The molecule has 1 aromatic rings. The molecule has 1 aliphatic heterocycles. The van der Waals surface area contributed by atoms with Crippen molar-refractivity contribution in [2.75, 3.05) is 38.5 Å². The van der Waals surface area contributed by atoms with E-state index >= 15 is 0 Å². The van der Waals surface area contributed by atoms with E-state index in [2.05, 4.69) is 22.3 Å². The standard InChI is InChI=1S/C14H23N3/c15-14-6-4-13(5-7-14)3-1-2-10-17-11-8-16-9-12-17/h4-7,16H,1-3,8-12,15H2. The molecule has 0 bridgehead atoms. The number of nitrogens with two attached hydrogens (primary N) is 1. The smallest absolute Gasteiger partial charge is 0.0314 e. The molecule has 1 aromatic carbocycles. The number of nitrogens with one attached hydrogen (secondary N) is 1. The van der Waals surface area contributed by atoms with Crippen LogP contribution in [-0.4, -0.2) is 37.6 Å². The molecule has 94 valence electrons. The Balaban J connectivity index is 1.60. The number of aryl methyl sites for hydroxylation is 1. The summed E-state index contributed by atoms with van der Waals surface area (Å²) in [6, 6.07) is 8.26. The molecule has 3 heteroatoms. The zero-order valence-electron chi connectivity index (χ0n) is 10.5. The molecule has 0 spiro atoms. The molecule has 2 rings (SSSR count). The Bertz CT molecular complexity index is 315. The molecule has 0 saturated carbocycles. The van der Waals surface area contributed by atoms with Crippen LogP contribution in [0.3, 0.4) is 0 Å². The van der Waals surface area contributed by atoms with Gasteiger partial charge >= 0.3 is 0 Å². The second kappa shape index (κ2) is 6.62. The van der Waals surface area contributed by atoms with Crippen molar-refractivity contribution in [3.05, 3.63) is 29.8 Å². The van der Waals surface area contributed by atoms with Gasteiger partial charge in [-0.1, -0.05) is 12.1 Å². The minimum atomic E-state index is 0.856. The topological polar surface area (TPSA) is 41.3 Å². The van der Waals surface area contributed by atoms with Crippen molar-refractivity contribution >= 4 is 5.69 Å². The van der Waals surface area contributed by atoms with Crippen LogP contribution in [0.15, 0.2) is 24.3 Å². The third kappa shape index (κ3) is 4.36. The molecular formula is C14H23N3. The second-order valence-electron chi connectivity index (χ2n) is 4.79. The summed E-state index contributed by atoms with van der Waals surface area (Å²) in [5.74, 6) is 0. The average Bonchev–Trinajstić information content (AvgIpc) is 2.38. The number of piperazine rings is 1. The van der Waals surface area contributed by atoms with Crippen LogP contribution >= 0.6 is 0 Å². The van der Waals surface area contributed by atoms with Gasteiger partial charge in [-0.2, -0.15) is 0 Å². The highest BCUT2D eigenvalue weighted by atomic mass is 15.2. The van der Waals surface area contributed by atoms with Crippen molar-refractivity contribution in [3.8, 4) is 0 Å². The fourth-order valence-electron chi connectivity index (χ4n) is 2.28. The number of hydrogen-bond acceptors (Lipinski definition) is 3. The average molecular weight is 233 g/mol. The van der Waals surface area contributed by atoms with Crippen molar-refractivity contribution in [2.45, 2.75) is 19.3 Å². The summed E-state index contributed by atoms with van der Waals surface area (Å²) in [6.45, 7) is 5.97. The van der Waals surface area contributed by atoms with E-state index in [1.54, 1.807) is 0 Å². The summed E-state index contributed by atoms with van der Waals surface area (Å²) in [6.07, 6.45) is 3.74. The summed E-state index contributed by atoms with van der Waals surface area (Å²) >= 11 is 0. The fraction of sp³-hybridized carbons (Fsp3) is 0.571. The Labute approximate surface area is 104 Å². The van der Waals surface area contributed by atoms with Crippen LogP contribution in [0, 0.1) is 0 Å². The number of hydrogen-bond donors (Lipinski definition) is 2. The molecule has 0 atom stereocenters. The van der Waals surface area contributed by atoms with Gasteiger partial charge in [-0.3, -0.25) is 0 Å². The summed E-state index contributed by atoms with van der Waals surface area (Å²) in [7, 11) is 0. The normalized spacial score (nSPS) is 17.2. The largest absolute Gasteiger partial charge is 0.399 e. The van der Waals surface area contributed by atoms with E-state index < -0.39 is 0 Å². The SMILES string of the molecule is Nc1ccc(CCCCN2CCNCC2)cc1. The van der Waals surface area contributed by atoms with Crippen LogP contribution in [-0.2, 0) is 6.42 Å². The Kier molecular flexibility index (Phi) is 4.83. The van der Waals surface area contributed by atoms with Gasteiger partial charge in [0.25, 0.3) is 0 Å². The molecule has 3 nitrogen and oxygen atoms in total. The number of nitrogens with zero attached hydrogens (tertiary/aromatic N) is 1. The van der Waals surface area contributed by atoms with Crippen LogP contribution in [0.1, 0.15) is 18.4 Å². The van der Waals surface area contributed by atoms with Gasteiger partial charge in [-0.25, -0.2) is 0 Å². The Morgan fingerprint density at radius 1 is 1.06 bits per heavy atom. The number of rotatable bonds is 5. The maximum absolute atomic E-state index is 5.67. The highest BCUT2D eigenvalue weighted by molar-refractivity contribution is 5.39. The summed E-state index contributed by atoms with van der Waals surface area (Å²) in [5, 5.41) is 3.38. The van der Waals surface area contributed by atoms with E-state index in [1.807, 2.05) is 12.1 Å². The van der Waals surface area contributed by atoms with Crippen molar-refractivity contribution < 1.29 is 0 Å². The van der Waals surface area contributed by atoms with Crippen LogP contribution in [0.4, 0.5) is 5.69 Å². The lowest BCUT2D eigenvalue weighted by atomic mass is 10.1. The summed E-state index contributed by atoms with van der Waals surface area (Å²) < 4.78 is 0. The van der Waals surface area contributed by atoms with Crippen molar-refractivity contribution in [2.24, 2.45) is 0 Å². The maximum Gasteiger partial charge on any atom is 0.0314 e. The lowest BCUT2D eigenvalue weighted by Crippen LogP contribution is -2.43. The highest BCUT2D eigenvalue weighted by Crippen LogP contribution is 2.09. The molecule has 0 unspecified atom stereocenters. The predicted molar refractivity (Wildman–Crippen MR) is 73.1 cm³/mol. The first-order valence-electron chi connectivity index (χ1n) is 6.62. The molecule has 0 aliphatic carbocycles. The predicted octanol–water partition coefficient (Wildman–Crippen LogP) is 1.50. The van der Waals surface area contributed by atoms with Gasteiger partial charge in [0.15, 0.2) is 0 Å². The van der Waals surface area contributed by atoms with Crippen LogP contribution in [0.25, 0.3) is 0 Å². The van der Waals surface area contributed by atoms with Crippen LogP contribution in [0.2, 0.25) is 0 Å². The van der Waals surface area contributed by atoms with E-state index in [0.29, 0.717) is 0 Å². The van der Waals surface area contributed by atoms with Crippen molar-refractivity contribution in [1.29, 1.82) is 0 Å². The molecule has 17 heavy (non-hydrogen) atoms. The minimum absolute atomic E-state index is 0.856. The van der Waals surface area contributed by atoms with E-state index in [0.717, 1.165) is 18.8 Å². The number of benzene rings is 1. The van der Waals surface area contributed by atoms with E-state index in [9.17, 15) is 0 Å².